The number of carbonyl (C=O) groups is 2. The van der Waals surface area contributed by atoms with Gasteiger partial charge < -0.3 is 20.1 Å². The van der Waals surface area contributed by atoms with Gasteiger partial charge in [-0.3, -0.25) is 9.59 Å². The quantitative estimate of drug-likeness (QED) is 0.812. The van der Waals surface area contributed by atoms with Crippen LogP contribution in [0.4, 0.5) is 0 Å². The second kappa shape index (κ2) is 8.19. The first kappa shape index (κ1) is 19.4. The predicted octanol–water partition coefficient (Wildman–Crippen LogP) is 1.32. The van der Waals surface area contributed by atoms with Gasteiger partial charge in [0.15, 0.2) is 5.82 Å². The van der Waals surface area contributed by atoms with E-state index in [0.717, 1.165) is 82.8 Å². The van der Waals surface area contributed by atoms with Crippen molar-refractivity contribution in [3.8, 4) is 0 Å². The van der Waals surface area contributed by atoms with E-state index in [0.29, 0.717) is 6.42 Å². The standard InChI is InChI=1S/C20H32N6O2/c1-15(27)22-20(8-3-2-4-9-20)14-18(28)25-12-5-6-16(25)19-24-23-17-7-10-21-11-13-26(17)19/h16,21H,2-14H2,1H3,(H,22,27)/t16-/m0/s1. The minimum absolute atomic E-state index is 0.00446. The molecule has 8 heteroatoms. The molecule has 3 aliphatic rings. The molecule has 1 saturated carbocycles. The van der Waals surface area contributed by atoms with Crippen molar-refractivity contribution in [3.63, 3.8) is 0 Å². The summed E-state index contributed by atoms with van der Waals surface area (Å²) in [5, 5.41) is 15.4. The Kier molecular flexibility index (Phi) is 5.66. The summed E-state index contributed by atoms with van der Waals surface area (Å²) in [7, 11) is 0. The molecule has 3 heterocycles. The van der Waals surface area contributed by atoms with Gasteiger partial charge in [0, 0.05) is 51.5 Å². The topological polar surface area (TPSA) is 92.2 Å². The molecule has 8 nitrogen and oxygen atoms in total. The van der Waals surface area contributed by atoms with Crippen molar-refractivity contribution in [1.82, 2.24) is 30.3 Å². The first-order chi connectivity index (χ1) is 13.6. The van der Waals surface area contributed by atoms with E-state index in [1.54, 1.807) is 6.92 Å². The maximum Gasteiger partial charge on any atom is 0.225 e. The van der Waals surface area contributed by atoms with Gasteiger partial charge >= 0.3 is 0 Å². The Hall–Kier alpha value is -1.96. The Balaban J connectivity index is 1.52. The molecule has 4 rings (SSSR count). The molecule has 0 radical (unpaired) electrons. The van der Waals surface area contributed by atoms with E-state index in [2.05, 4.69) is 25.4 Å². The highest BCUT2D eigenvalue weighted by Gasteiger charge is 2.40. The summed E-state index contributed by atoms with van der Waals surface area (Å²) in [4.78, 5) is 27.1. The summed E-state index contributed by atoms with van der Waals surface area (Å²) in [6, 6.07) is 0.00446. The molecule has 2 aliphatic heterocycles. The number of amides is 2. The Morgan fingerprint density at radius 2 is 1.96 bits per heavy atom. The van der Waals surface area contributed by atoms with E-state index >= 15 is 0 Å². The van der Waals surface area contributed by atoms with Crippen LogP contribution in [-0.2, 0) is 22.6 Å². The van der Waals surface area contributed by atoms with E-state index in [9.17, 15) is 9.59 Å². The zero-order chi connectivity index (χ0) is 19.6. The number of aromatic nitrogens is 3. The Morgan fingerprint density at radius 3 is 2.75 bits per heavy atom. The zero-order valence-electron chi connectivity index (χ0n) is 16.9. The molecule has 28 heavy (non-hydrogen) atoms. The van der Waals surface area contributed by atoms with Gasteiger partial charge in [0.05, 0.1) is 6.04 Å². The molecule has 2 fully saturated rings. The van der Waals surface area contributed by atoms with Crippen molar-refractivity contribution >= 4 is 11.8 Å². The number of hydrogen-bond donors (Lipinski definition) is 2. The summed E-state index contributed by atoms with van der Waals surface area (Å²) in [6.07, 6.45) is 8.30. The number of rotatable bonds is 4. The number of fused-ring (bicyclic) bond motifs is 1. The molecular weight excluding hydrogens is 356 g/mol. The third-order valence-electron chi connectivity index (χ3n) is 6.51. The average Bonchev–Trinajstić information content (AvgIpc) is 3.22. The molecule has 0 unspecified atom stereocenters. The Morgan fingerprint density at radius 1 is 1.14 bits per heavy atom. The maximum atomic E-state index is 13.3. The third kappa shape index (κ3) is 3.92. The second-order valence-corrected chi connectivity index (χ2v) is 8.57. The first-order valence-corrected chi connectivity index (χ1v) is 10.8. The van der Waals surface area contributed by atoms with Crippen LogP contribution < -0.4 is 10.6 Å². The van der Waals surface area contributed by atoms with Crippen LogP contribution in [0.15, 0.2) is 0 Å². The van der Waals surface area contributed by atoms with Crippen LogP contribution in [-0.4, -0.2) is 56.7 Å². The van der Waals surface area contributed by atoms with Gasteiger partial charge in [-0.25, -0.2) is 0 Å². The lowest BCUT2D eigenvalue weighted by Gasteiger charge is -2.39. The number of likely N-dealkylation sites (tertiary alicyclic amines) is 1. The van der Waals surface area contributed by atoms with Crippen molar-refractivity contribution in [2.75, 3.05) is 19.6 Å². The summed E-state index contributed by atoms with van der Waals surface area (Å²) in [5.41, 5.74) is -0.375. The van der Waals surface area contributed by atoms with E-state index < -0.39 is 0 Å². The van der Waals surface area contributed by atoms with Crippen molar-refractivity contribution in [2.45, 2.75) is 82.8 Å². The fraction of sp³-hybridized carbons (Fsp3) is 0.800. The molecule has 1 saturated heterocycles. The molecule has 154 valence electrons. The molecule has 1 atom stereocenters. The number of hydrogen-bond acceptors (Lipinski definition) is 5. The molecule has 1 aromatic rings. The van der Waals surface area contributed by atoms with Crippen molar-refractivity contribution in [3.05, 3.63) is 11.6 Å². The maximum absolute atomic E-state index is 13.3. The Labute approximate surface area is 166 Å². The van der Waals surface area contributed by atoms with E-state index in [-0.39, 0.29) is 23.4 Å². The smallest absolute Gasteiger partial charge is 0.225 e. The van der Waals surface area contributed by atoms with E-state index in [1.807, 2.05) is 4.90 Å². The minimum Gasteiger partial charge on any atom is -0.350 e. The monoisotopic (exact) mass is 388 g/mol. The van der Waals surface area contributed by atoms with Gasteiger partial charge in [0.25, 0.3) is 0 Å². The van der Waals surface area contributed by atoms with Gasteiger partial charge in [-0.1, -0.05) is 19.3 Å². The average molecular weight is 389 g/mol. The molecule has 0 bridgehead atoms. The summed E-state index contributed by atoms with van der Waals surface area (Å²) in [6.45, 7) is 5.00. The molecule has 0 aromatic carbocycles. The Bertz CT molecular complexity index is 724. The molecule has 1 aliphatic carbocycles. The minimum atomic E-state index is -0.375. The summed E-state index contributed by atoms with van der Waals surface area (Å²) < 4.78 is 2.21. The highest BCUT2D eigenvalue weighted by molar-refractivity contribution is 5.80. The zero-order valence-corrected chi connectivity index (χ0v) is 16.9. The van der Waals surface area contributed by atoms with E-state index in [4.69, 9.17) is 0 Å². The fourth-order valence-electron chi connectivity index (χ4n) is 5.21. The largest absolute Gasteiger partial charge is 0.350 e. The van der Waals surface area contributed by atoms with Crippen LogP contribution in [0.1, 0.15) is 76.0 Å². The summed E-state index contributed by atoms with van der Waals surface area (Å²) in [5.74, 6) is 2.05. The lowest BCUT2D eigenvalue weighted by molar-refractivity contribution is -0.135. The lowest BCUT2D eigenvalue weighted by Crippen LogP contribution is -2.52. The number of carbonyl (C=O) groups excluding carboxylic acids is 2. The summed E-state index contributed by atoms with van der Waals surface area (Å²) >= 11 is 0. The van der Waals surface area contributed by atoms with E-state index in [1.165, 1.54) is 6.42 Å². The highest BCUT2D eigenvalue weighted by Crippen LogP contribution is 2.36. The van der Waals surface area contributed by atoms with Crippen LogP contribution in [0, 0.1) is 0 Å². The van der Waals surface area contributed by atoms with Crippen LogP contribution in [0.25, 0.3) is 0 Å². The SMILES string of the molecule is CC(=O)NC1(CC(=O)N2CCC[C@H]2c2nnc3n2CCNCC3)CCCCC1. The van der Waals surface area contributed by atoms with Crippen LogP contribution >= 0.6 is 0 Å². The second-order valence-electron chi connectivity index (χ2n) is 8.57. The first-order valence-electron chi connectivity index (χ1n) is 10.8. The van der Waals surface area contributed by atoms with Crippen LogP contribution in [0.2, 0.25) is 0 Å². The molecular formula is C20H32N6O2. The fourth-order valence-corrected chi connectivity index (χ4v) is 5.21. The lowest BCUT2D eigenvalue weighted by atomic mass is 9.78. The van der Waals surface area contributed by atoms with Gasteiger partial charge in [-0.05, 0) is 25.7 Å². The molecule has 0 spiro atoms. The van der Waals surface area contributed by atoms with Gasteiger partial charge in [0.2, 0.25) is 11.8 Å². The van der Waals surface area contributed by atoms with Crippen molar-refractivity contribution < 1.29 is 9.59 Å². The van der Waals surface area contributed by atoms with Crippen molar-refractivity contribution in [1.29, 1.82) is 0 Å². The predicted molar refractivity (Wildman–Crippen MR) is 105 cm³/mol. The van der Waals surface area contributed by atoms with Gasteiger partial charge in [-0.2, -0.15) is 0 Å². The molecule has 1 aromatic heterocycles. The normalized spacial score (nSPS) is 24.5. The highest BCUT2D eigenvalue weighted by atomic mass is 16.2. The van der Waals surface area contributed by atoms with Crippen molar-refractivity contribution in [2.24, 2.45) is 0 Å². The number of nitrogens with one attached hydrogen (secondary N) is 2. The number of nitrogens with zero attached hydrogens (tertiary/aromatic N) is 4. The van der Waals surface area contributed by atoms with Crippen LogP contribution in [0.5, 0.6) is 0 Å². The third-order valence-corrected chi connectivity index (χ3v) is 6.51. The molecule has 2 amide bonds. The molecule has 2 N–H and O–H groups in total. The van der Waals surface area contributed by atoms with Gasteiger partial charge in [0.1, 0.15) is 5.82 Å². The van der Waals surface area contributed by atoms with Crippen LogP contribution in [0.3, 0.4) is 0 Å². The van der Waals surface area contributed by atoms with Gasteiger partial charge in [-0.15, -0.1) is 10.2 Å².